The number of hydrogen-bond acceptors (Lipinski definition) is 7. The van der Waals surface area contributed by atoms with E-state index >= 15 is 0 Å². The van der Waals surface area contributed by atoms with Crippen LogP contribution in [0.25, 0.3) is 0 Å². The number of carbonyl (C=O) groups excluding carboxylic acids is 3. The SMILES string of the molecule is O=C(CN1CCN(C(=O)C2=NN(C3CCS(=O)(=O)C3)C(=O)CC2)CC1)NCc1ccccc1. The van der Waals surface area contributed by atoms with Crippen LogP contribution in [0.3, 0.4) is 0 Å². The highest BCUT2D eigenvalue weighted by molar-refractivity contribution is 7.91. The summed E-state index contributed by atoms with van der Waals surface area (Å²) in [5, 5.41) is 8.40. The number of sulfone groups is 1. The van der Waals surface area contributed by atoms with Gasteiger partial charge in [0.1, 0.15) is 5.71 Å². The van der Waals surface area contributed by atoms with Gasteiger partial charge in [0, 0.05) is 45.6 Å². The number of hydrogen-bond donors (Lipinski definition) is 1. The molecule has 3 aliphatic rings. The van der Waals surface area contributed by atoms with Crippen molar-refractivity contribution in [3.8, 4) is 0 Å². The van der Waals surface area contributed by atoms with Gasteiger partial charge in [0.2, 0.25) is 11.8 Å². The minimum atomic E-state index is -3.16. The van der Waals surface area contributed by atoms with E-state index in [4.69, 9.17) is 0 Å². The van der Waals surface area contributed by atoms with Crippen LogP contribution in [0.4, 0.5) is 0 Å². The van der Waals surface area contributed by atoms with Gasteiger partial charge >= 0.3 is 0 Å². The van der Waals surface area contributed by atoms with Gasteiger partial charge in [-0.3, -0.25) is 19.3 Å². The zero-order valence-corrected chi connectivity index (χ0v) is 19.3. The maximum Gasteiger partial charge on any atom is 0.270 e. The summed E-state index contributed by atoms with van der Waals surface area (Å²) in [6.07, 6.45) is 0.766. The summed E-state index contributed by atoms with van der Waals surface area (Å²) in [6, 6.07) is 9.22. The van der Waals surface area contributed by atoms with Crippen LogP contribution in [0.15, 0.2) is 35.4 Å². The molecule has 3 aliphatic heterocycles. The second kappa shape index (κ2) is 10.0. The van der Waals surface area contributed by atoms with Crippen LogP contribution in [0.5, 0.6) is 0 Å². The number of nitrogens with one attached hydrogen (secondary N) is 1. The number of rotatable bonds is 6. The molecule has 178 valence electrons. The van der Waals surface area contributed by atoms with E-state index in [2.05, 4.69) is 10.4 Å². The summed E-state index contributed by atoms with van der Waals surface area (Å²) in [6.45, 7) is 2.83. The molecule has 3 amide bonds. The van der Waals surface area contributed by atoms with Gasteiger partial charge in [0.15, 0.2) is 9.84 Å². The molecule has 1 aromatic rings. The second-order valence-corrected chi connectivity index (χ2v) is 10.9. The fourth-order valence-electron chi connectivity index (χ4n) is 4.33. The van der Waals surface area contributed by atoms with Crippen molar-refractivity contribution in [3.05, 3.63) is 35.9 Å². The fraction of sp³-hybridized carbons (Fsp3) is 0.545. The Morgan fingerprint density at radius 2 is 1.79 bits per heavy atom. The molecule has 1 aromatic carbocycles. The Hall–Kier alpha value is -2.79. The molecule has 0 aliphatic carbocycles. The van der Waals surface area contributed by atoms with E-state index in [0.29, 0.717) is 44.9 Å². The van der Waals surface area contributed by atoms with Gasteiger partial charge in [-0.15, -0.1) is 0 Å². The van der Waals surface area contributed by atoms with Crippen LogP contribution in [0.2, 0.25) is 0 Å². The smallest absolute Gasteiger partial charge is 0.270 e. The highest BCUT2D eigenvalue weighted by atomic mass is 32.2. The summed E-state index contributed by atoms with van der Waals surface area (Å²) >= 11 is 0. The number of amides is 3. The molecule has 11 heteroatoms. The molecule has 4 rings (SSSR count). The zero-order valence-electron chi connectivity index (χ0n) is 18.5. The molecule has 0 aromatic heterocycles. The molecule has 3 heterocycles. The lowest BCUT2D eigenvalue weighted by Gasteiger charge is -2.35. The molecule has 1 unspecified atom stereocenters. The Labute approximate surface area is 193 Å². The molecule has 0 radical (unpaired) electrons. The van der Waals surface area contributed by atoms with E-state index in [9.17, 15) is 22.8 Å². The highest BCUT2D eigenvalue weighted by Gasteiger charge is 2.38. The molecule has 0 spiro atoms. The summed E-state index contributed by atoms with van der Waals surface area (Å²) < 4.78 is 23.6. The Morgan fingerprint density at radius 3 is 2.45 bits per heavy atom. The topological polar surface area (TPSA) is 119 Å². The van der Waals surface area contributed by atoms with Crippen molar-refractivity contribution < 1.29 is 22.8 Å². The Balaban J connectivity index is 1.27. The summed E-state index contributed by atoms with van der Waals surface area (Å²) in [5.41, 5.74) is 1.34. The predicted molar refractivity (Wildman–Crippen MR) is 122 cm³/mol. The van der Waals surface area contributed by atoms with Gasteiger partial charge in [-0.25, -0.2) is 13.4 Å². The van der Waals surface area contributed by atoms with Gasteiger partial charge in [0.05, 0.1) is 24.1 Å². The summed E-state index contributed by atoms with van der Waals surface area (Å²) in [4.78, 5) is 41.2. The largest absolute Gasteiger partial charge is 0.351 e. The van der Waals surface area contributed by atoms with E-state index < -0.39 is 15.9 Å². The van der Waals surface area contributed by atoms with Crippen molar-refractivity contribution in [1.82, 2.24) is 20.1 Å². The van der Waals surface area contributed by atoms with Gasteiger partial charge in [-0.1, -0.05) is 30.3 Å². The lowest BCUT2D eigenvalue weighted by molar-refractivity contribution is -0.134. The average molecular weight is 476 g/mol. The first kappa shape index (κ1) is 23.4. The van der Waals surface area contributed by atoms with Gasteiger partial charge in [-0.05, 0) is 12.0 Å². The molecule has 33 heavy (non-hydrogen) atoms. The van der Waals surface area contributed by atoms with Crippen molar-refractivity contribution in [1.29, 1.82) is 0 Å². The van der Waals surface area contributed by atoms with E-state index in [0.717, 1.165) is 5.56 Å². The maximum atomic E-state index is 13.0. The summed E-state index contributed by atoms with van der Waals surface area (Å²) in [7, 11) is -3.16. The Bertz CT molecular complexity index is 1030. The van der Waals surface area contributed by atoms with Crippen LogP contribution >= 0.6 is 0 Å². The van der Waals surface area contributed by atoms with Crippen LogP contribution in [0.1, 0.15) is 24.8 Å². The first-order chi connectivity index (χ1) is 15.8. The fourth-order valence-corrected chi connectivity index (χ4v) is 6.02. The number of hydrazone groups is 1. The van der Waals surface area contributed by atoms with Gasteiger partial charge < -0.3 is 10.2 Å². The van der Waals surface area contributed by atoms with Crippen molar-refractivity contribution >= 4 is 33.3 Å². The third-order valence-corrected chi connectivity index (χ3v) is 7.97. The number of piperazine rings is 1. The molecule has 1 atom stereocenters. The molecule has 2 saturated heterocycles. The van der Waals surface area contributed by atoms with Crippen molar-refractivity contribution in [3.63, 3.8) is 0 Å². The van der Waals surface area contributed by atoms with E-state index in [1.54, 1.807) is 4.90 Å². The molecule has 0 saturated carbocycles. The Morgan fingerprint density at radius 1 is 1.06 bits per heavy atom. The highest BCUT2D eigenvalue weighted by Crippen LogP contribution is 2.22. The number of carbonyl (C=O) groups is 3. The predicted octanol–water partition coefficient (Wildman–Crippen LogP) is -0.387. The Kier molecular flexibility index (Phi) is 7.08. The minimum Gasteiger partial charge on any atom is -0.351 e. The quantitative estimate of drug-likeness (QED) is 0.599. The number of nitrogens with zero attached hydrogens (tertiary/aromatic N) is 4. The van der Waals surface area contributed by atoms with Crippen molar-refractivity contribution in [2.75, 3.05) is 44.2 Å². The summed E-state index contributed by atoms with van der Waals surface area (Å²) in [5.74, 6) is -0.576. The third kappa shape index (κ3) is 5.97. The molecule has 1 N–H and O–H groups in total. The zero-order chi connectivity index (χ0) is 23.4. The normalized spacial score (nSPS) is 23.3. The standard InChI is InChI=1S/C22H29N5O5S/c28-20(23-14-17-4-2-1-3-5-17)15-25-9-11-26(12-10-25)22(30)19-6-7-21(29)27(24-19)18-8-13-33(31,32)16-18/h1-5,18H,6-16H2,(H,23,28). The minimum absolute atomic E-state index is 0.0428. The molecule has 10 nitrogen and oxygen atoms in total. The number of benzene rings is 1. The first-order valence-corrected chi connectivity index (χ1v) is 13.0. The van der Waals surface area contributed by atoms with E-state index in [-0.39, 0.29) is 48.6 Å². The van der Waals surface area contributed by atoms with Crippen LogP contribution in [-0.4, -0.2) is 96.9 Å². The average Bonchev–Trinajstić information content (AvgIpc) is 3.18. The molecular formula is C22H29N5O5S. The maximum absolute atomic E-state index is 13.0. The molecule has 2 fully saturated rings. The molecule has 0 bridgehead atoms. The second-order valence-electron chi connectivity index (χ2n) is 8.67. The third-order valence-electron chi connectivity index (χ3n) is 6.22. The van der Waals surface area contributed by atoms with E-state index in [1.165, 1.54) is 5.01 Å². The molecular weight excluding hydrogens is 446 g/mol. The van der Waals surface area contributed by atoms with Gasteiger partial charge in [-0.2, -0.15) is 5.10 Å². The van der Waals surface area contributed by atoms with Gasteiger partial charge in [0.25, 0.3) is 5.91 Å². The van der Waals surface area contributed by atoms with Crippen LogP contribution in [0, 0.1) is 0 Å². The van der Waals surface area contributed by atoms with Crippen molar-refractivity contribution in [2.24, 2.45) is 5.10 Å². The lowest BCUT2D eigenvalue weighted by atomic mass is 10.1. The van der Waals surface area contributed by atoms with Crippen LogP contribution in [-0.2, 0) is 30.8 Å². The lowest BCUT2D eigenvalue weighted by Crippen LogP contribution is -2.53. The van der Waals surface area contributed by atoms with Crippen molar-refractivity contribution in [2.45, 2.75) is 31.8 Å². The van der Waals surface area contributed by atoms with E-state index in [1.807, 2.05) is 35.2 Å². The monoisotopic (exact) mass is 475 g/mol. The first-order valence-electron chi connectivity index (χ1n) is 11.2. The van der Waals surface area contributed by atoms with Crippen LogP contribution < -0.4 is 5.32 Å².